The summed E-state index contributed by atoms with van der Waals surface area (Å²) in [6.07, 6.45) is 1.59. The van der Waals surface area contributed by atoms with Crippen molar-refractivity contribution in [2.75, 3.05) is 23.7 Å². The van der Waals surface area contributed by atoms with Crippen molar-refractivity contribution >= 4 is 31.5 Å². The summed E-state index contributed by atoms with van der Waals surface area (Å²) < 4.78 is 70.3. The molecule has 37 heavy (non-hydrogen) atoms. The van der Waals surface area contributed by atoms with Gasteiger partial charge in [0.05, 0.1) is 28.1 Å². The molecule has 3 aromatic carbocycles. The highest BCUT2D eigenvalue weighted by Gasteiger charge is 2.28. The minimum absolute atomic E-state index is 0.157. The van der Waals surface area contributed by atoms with Crippen molar-refractivity contribution < 1.29 is 30.8 Å². The summed E-state index contributed by atoms with van der Waals surface area (Å²) in [6.45, 7) is 3.56. The summed E-state index contributed by atoms with van der Waals surface area (Å²) in [5.41, 5.74) is 0.908. The molecular formula is C26H29FN2O6S2. The predicted molar refractivity (Wildman–Crippen MR) is 139 cm³/mol. The van der Waals surface area contributed by atoms with Crippen LogP contribution >= 0.6 is 0 Å². The van der Waals surface area contributed by atoms with Crippen molar-refractivity contribution in [3.05, 3.63) is 84.2 Å². The van der Waals surface area contributed by atoms with Crippen molar-refractivity contribution in [3.63, 3.8) is 0 Å². The Balaban J connectivity index is 1.89. The molecule has 1 N–H and O–H groups in total. The van der Waals surface area contributed by atoms with Gasteiger partial charge in [-0.1, -0.05) is 19.1 Å². The van der Waals surface area contributed by atoms with E-state index in [-0.39, 0.29) is 15.5 Å². The fraction of sp³-hybridized carbons (Fsp3) is 0.269. The molecule has 198 valence electrons. The third-order valence-electron chi connectivity index (χ3n) is 5.58. The fourth-order valence-electron chi connectivity index (χ4n) is 3.66. The van der Waals surface area contributed by atoms with Crippen molar-refractivity contribution in [1.29, 1.82) is 0 Å². The van der Waals surface area contributed by atoms with E-state index in [0.29, 0.717) is 24.3 Å². The number of carbonyl (C=O) groups is 1. The molecule has 11 heteroatoms. The number of sulfonamides is 1. The minimum Gasteiger partial charge on any atom is -0.494 e. The van der Waals surface area contributed by atoms with E-state index in [1.54, 1.807) is 24.3 Å². The number of halogens is 1. The van der Waals surface area contributed by atoms with Gasteiger partial charge in [-0.3, -0.25) is 9.10 Å². The molecule has 0 heterocycles. The average Bonchev–Trinajstić information content (AvgIpc) is 2.86. The standard InChI is InChI=1S/C26H29FN2O6S2/c1-4-25(19-6-14-23(15-7-19)36(3,31)32)28-26(30)18-29(21-10-12-22(13-11-21)35-5-2)37(33,34)24-16-8-20(27)9-17-24/h6-17,25H,4-5,18H2,1-3H3,(H,28,30). The number of hydrogen-bond donors (Lipinski definition) is 1. The first-order chi connectivity index (χ1) is 17.5. The van der Waals surface area contributed by atoms with Crippen molar-refractivity contribution in [2.45, 2.75) is 36.1 Å². The van der Waals surface area contributed by atoms with Gasteiger partial charge in [0.2, 0.25) is 5.91 Å². The first-order valence-corrected chi connectivity index (χ1v) is 14.9. The van der Waals surface area contributed by atoms with E-state index in [9.17, 15) is 26.0 Å². The Hall–Kier alpha value is -3.44. The molecule has 8 nitrogen and oxygen atoms in total. The van der Waals surface area contributed by atoms with E-state index in [4.69, 9.17) is 4.74 Å². The molecule has 0 radical (unpaired) electrons. The zero-order valence-corrected chi connectivity index (χ0v) is 22.4. The van der Waals surface area contributed by atoms with E-state index >= 15 is 0 Å². The van der Waals surface area contributed by atoms with Gasteiger partial charge in [-0.15, -0.1) is 0 Å². The number of nitrogens with zero attached hydrogens (tertiary/aromatic N) is 1. The first kappa shape index (κ1) is 28.1. The smallest absolute Gasteiger partial charge is 0.264 e. The summed E-state index contributed by atoms with van der Waals surface area (Å²) in [7, 11) is -7.59. The zero-order chi connectivity index (χ0) is 27.2. The number of carbonyl (C=O) groups excluding carboxylic acids is 1. The highest BCUT2D eigenvalue weighted by molar-refractivity contribution is 7.93. The van der Waals surface area contributed by atoms with Gasteiger partial charge >= 0.3 is 0 Å². The quantitative estimate of drug-likeness (QED) is 0.387. The van der Waals surface area contributed by atoms with Crippen molar-refractivity contribution in [2.24, 2.45) is 0 Å². The third kappa shape index (κ3) is 7.07. The lowest BCUT2D eigenvalue weighted by molar-refractivity contribution is -0.120. The normalized spacial score (nSPS) is 12.5. The van der Waals surface area contributed by atoms with Gasteiger partial charge in [0.15, 0.2) is 9.84 Å². The average molecular weight is 549 g/mol. The maximum atomic E-state index is 13.5. The monoisotopic (exact) mass is 548 g/mol. The third-order valence-corrected chi connectivity index (χ3v) is 8.50. The number of hydrogen-bond acceptors (Lipinski definition) is 6. The summed E-state index contributed by atoms with van der Waals surface area (Å²) in [5.74, 6) is -0.617. The van der Waals surface area contributed by atoms with Crippen LogP contribution in [0.15, 0.2) is 82.6 Å². The number of anilines is 1. The predicted octanol–water partition coefficient (Wildman–Crippen LogP) is 4.09. The largest absolute Gasteiger partial charge is 0.494 e. The van der Waals surface area contributed by atoms with Crippen LogP contribution in [0.25, 0.3) is 0 Å². The van der Waals surface area contributed by atoms with Crippen LogP contribution in [0.2, 0.25) is 0 Å². The highest BCUT2D eigenvalue weighted by Crippen LogP contribution is 2.26. The van der Waals surface area contributed by atoms with Crippen LogP contribution in [0.4, 0.5) is 10.1 Å². The van der Waals surface area contributed by atoms with Crippen LogP contribution in [0, 0.1) is 5.82 Å². The van der Waals surface area contributed by atoms with Crippen LogP contribution in [0.5, 0.6) is 5.75 Å². The van der Waals surface area contributed by atoms with Crippen molar-refractivity contribution in [3.8, 4) is 5.75 Å². The van der Waals surface area contributed by atoms with E-state index < -0.39 is 44.2 Å². The maximum absolute atomic E-state index is 13.5. The fourth-order valence-corrected chi connectivity index (χ4v) is 5.71. The number of ether oxygens (including phenoxy) is 1. The molecule has 0 spiro atoms. The first-order valence-electron chi connectivity index (χ1n) is 11.6. The molecule has 1 unspecified atom stereocenters. The van der Waals surface area contributed by atoms with Gasteiger partial charge in [-0.2, -0.15) is 0 Å². The molecule has 0 saturated heterocycles. The van der Waals surface area contributed by atoms with Gasteiger partial charge in [0.25, 0.3) is 10.0 Å². The molecular weight excluding hydrogens is 519 g/mol. The Morgan fingerprint density at radius 1 is 0.892 bits per heavy atom. The lowest BCUT2D eigenvalue weighted by Crippen LogP contribution is -2.42. The van der Waals surface area contributed by atoms with Crippen molar-refractivity contribution in [1.82, 2.24) is 5.32 Å². The van der Waals surface area contributed by atoms with E-state index in [1.807, 2.05) is 13.8 Å². The molecule has 0 bridgehead atoms. The van der Waals surface area contributed by atoms with Crippen LogP contribution in [0.1, 0.15) is 31.9 Å². The van der Waals surface area contributed by atoms with Gasteiger partial charge in [-0.25, -0.2) is 21.2 Å². The molecule has 0 aliphatic carbocycles. The number of nitrogens with one attached hydrogen (secondary N) is 1. The molecule has 1 amide bonds. The minimum atomic E-state index is -4.22. The number of benzene rings is 3. The summed E-state index contributed by atoms with van der Waals surface area (Å²) in [5, 5.41) is 2.83. The Labute approximate surface area is 217 Å². The molecule has 0 aromatic heterocycles. The Kier molecular flexibility index (Phi) is 8.93. The topological polar surface area (TPSA) is 110 Å². The number of sulfone groups is 1. The number of rotatable bonds is 11. The van der Waals surface area contributed by atoms with Gasteiger partial charge < -0.3 is 10.1 Å². The Bertz CT molecular complexity index is 1420. The SMILES string of the molecule is CCOc1ccc(N(CC(=O)NC(CC)c2ccc(S(C)(=O)=O)cc2)S(=O)(=O)c2ccc(F)cc2)cc1. The number of amides is 1. The Morgan fingerprint density at radius 2 is 1.46 bits per heavy atom. The zero-order valence-electron chi connectivity index (χ0n) is 20.7. The van der Waals surface area contributed by atoms with E-state index in [0.717, 1.165) is 34.8 Å². The van der Waals surface area contributed by atoms with Gasteiger partial charge in [0.1, 0.15) is 18.1 Å². The maximum Gasteiger partial charge on any atom is 0.264 e. The molecule has 3 aromatic rings. The summed E-state index contributed by atoms with van der Waals surface area (Å²) >= 11 is 0. The lowest BCUT2D eigenvalue weighted by atomic mass is 10.0. The van der Waals surface area contributed by atoms with E-state index in [2.05, 4.69) is 5.32 Å². The molecule has 0 saturated carbocycles. The van der Waals surface area contributed by atoms with Crippen LogP contribution in [0.3, 0.4) is 0 Å². The molecule has 0 fully saturated rings. The second-order valence-electron chi connectivity index (χ2n) is 8.26. The van der Waals surface area contributed by atoms with Crippen LogP contribution in [-0.4, -0.2) is 42.2 Å². The lowest BCUT2D eigenvalue weighted by Gasteiger charge is -2.26. The molecule has 0 aliphatic heterocycles. The van der Waals surface area contributed by atoms with Gasteiger partial charge in [-0.05, 0) is 79.6 Å². The molecule has 3 rings (SSSR count). The molecule has 0 aliphatic rings. The second-order valence-corrected chi connectivity index (χ2v) is 12.1. The molecule has 1 atom stereocenters. The van der Waals surface area contributed by atoms with Crippen LogP contribution < -0.4 is 14.4 Å². The Morgan fingerprint density at radius 3 is 1.97 bits per heavy atom. The van der Waals surface area contributed by atoms with Crippen LogP contribution in [-0.2, 0) is 24.7 Å². The summed E-state index contributed by atoms with van der Waals surface area (Å²) in [6, 6.07) is 16.3. The van der Waals surface area contributed by atoms with E-state index in [1.165, 1.54) is 24.3 Å². The van der Waals surface area contributed by atoms with Gasteiger partial charge in [0, 0.05) is 6.26 Å². The highest BCUT2D eigenvalue weighted by atomic mass is 32.2. The summed E-state index contributed by atoms with van der Waals surface area (Å²) in [4.78, 5) is 13.1. The second kappa shape index (κ2) is 11.7.